The third kappa shape index (κ3) is 14.2. The highest BCUT2D eigenvalue weighted by atomic mass is 19.2. The maximum Gasteiger partial charge on any atom is 0.328 e. The number of carbonyl (C=O) groups is 3. The van der Waals surface area contributed by atoms with Crippen molar-refractivity contribution in [1.82, 2.24) is 29.7 Å². The number of hydrogen-bond acceptors (Lipinski definition) is 6. The number of H-pyrrole nitrogens is 3. The Labute approximate surface area is 572 Å². The molecular weight excluding hydrogens is 1300 g/mol. The van der Waals surface area contributed by atoms with Gasteiger partial charge in [-0.2, -0.15) is 0 Å². The summed E-state index contributed by atoms with van der Waals surface area (Å²) in [5, 5.41) is 29.5. The van der Waals surface area contributed by atoms with Crippen molar-refractivity contribution in [1.29, 1.82) is 0 Å². The highest BCUT2D eigenvalue weighted by Crippen LogP contribution is 2.70. The van der Waals surface area contributed by atoms with E-state index in [-0.39, 0.29) is 70.0 Å². The summed E-state index contributed by atoms with van der Waals surface area (Å²) in [6, 6.07) is 23.9. The van der Waals surface area contributed by atoms with Crippen LogP contribution in [0.25, 0.3) is 50.9 Å². The molecule has 3 aliphatic carbocycles. The number of aromatic amines is 3. The van der Waals surface area contributed by atoms with Gasteiger partial charge in [0.15, 0.2) is 0 Å². The van der Waals surface area contributed by atoms with E-state index in [1.54, 1.807) is 9.80 Å². The number of aromatic nitrogens is 3. The van der Waals surface area contributed by atoms with Crippen LogP contribution in [-0.2, 0) is 33.6 Å². The van der Waals surface area contributed by atoms with Crippen LogP contribution in [0.4, 0.5) is 39.5 Å². The van der Waals surface area contributed by atoms with Crippen molar-refractivity contribution in [2.24, 2.45) is 5.41 Å². The third-order valence-electron chi connectivity index (χ3n) is 20.1. The highest BCUT2D eigenvalue weighted by Gasteiger charge is 2.69. The second kappa shape index (κ2) is 26.7. The van der Waals surface area contributed by atoms with Gasteiger partial charge in [-0.15, -0.1) is 0 Å². The number of aryl methyl sites for hydroxylation is 2. The standard InChI is InChI=1S/C27H25F3N2O2.2C26H27F3N2O2/c1-15-8-18-17-4-2-3-5-21(17)31-24(18)25(32(15)14-26-11-27(30,12-26)13-26)23-19(28)9-16(10-20(23)29)6-7-22(33)34;1-14-5-7-21-17(9-14)18-10-15(2)31(13-26(3,4)29)25(24(18)30-21)23-19(27)11-16(12-20(23)28)6-8-22(32)33;1-14-5-7-17-18-10-15(2)31(13-26(3,4)29)25(24(18)30-21(17)9-14)23-19(27)11-16(12-20(23)28)6-8-22(32)33/h2-7,9-10,15,25,31H,8,11-14H2,1H3,(H,33,34);2*5-9,11-12,15,25,30H,10,13H2,1-4H3,(H,32,33)/b7-6+;2*8-6+. The van der Waals surface area contributed by atoms with Crippen molar-refractivity contribution in [2.75, 3.05) is 19.6 Å². The molecule has 524 valence electrons. The van der Waals surface area contributed by atoms with Crippen molar-refractivity contribution in [3.8, 4) is 0 Å². The van der Waals surface area contributed by atoms with Gasteiger partial charge in [0.2, 0.25) is 0 Å². The molecule has 3 aliphatic heterocycles. The number of halogens is 9. The SMILES string of the molecule is CC1Cc2c([nH]c3ccccc23)C(c2c(F)cc(/C=C/C(=O)O)cc2F)N1CC12CC(F)(C1)C2.Cc1ccc2[nH]c3c(c2c1)CC(C)N(CC(C)(C)F)C3c1c(F)cc(/C=C/C(=O)O)cc1F.Cc1ccc2c3c([nH]c2c1)C(c1c(F)cc(/C=C/C(=O)O)cc1F)N(CC(C)(C)F)C(C)C3. The zero-order valence-corrected chi connectivity index (χ0v) is 56.8. The van der Waals surface area contributed by atoms with Gasteiger partial charge in [0, 0.05) is 122 Å². The summed E-state index contributed by atoms with van der Waals surface area (Å²) in [6.45, 7) is 16.3. The van der Waals surface area contributed by atoms with Crippen LogP contribution in [0.2, 0.25) is 0 Å². The van der Waals surface area contributed by atoms with Gasteiger partial charge in [-0.05, 0) is 224 Å². The number of alkyl halides is 3. The van der Waals surface area contributed by atoms with Crippen molar-refractivity contribution in [3.05, 3.63) is 228 Å². The Kier molecular flexibility index (Phi) is 18.9. The maximum absolute atomic E-state index is 15.5. The van der Waals surface area contributed by atoms with Crippen molar-refractivity contribution >= 4 is 68.8 Å². The summed E-state index contributed by atoms with van der Waals surface area (Å²) in [6.07, 6.45) is 9.47. The second-order valence-corrected chi connectivity index (χ2v) is 29.4. The molecule has 9 aromatic rings. The Morgan fingerprint density at radius 2 is 0.820 bits per heavy atom. The summed E-state index contributed by atoms with van der Waals surface area (Å²) >= 11 is 0. The first-order valence-corrected chi connectivity index (χ1v) is 33.4. The molecule has 0 saturated heterocycles. The molecule has 0 amide bonds. The van der Waals surface area contributed by atoms with Gasteiger partial charge in [-0.25, -0.2) is 53.9 Å². The average molecular weight is 1380 g/mol. The quantitative estimate of drug-likeness (QED) is 0.0432. The number of fused-ring (bicyclic) bond motifs is 9. The van der Waals surface area contributed by atoms with Crippen LogP contribution < -0.4 is 0 Å². The number of nitrogens with zero attached hydrogens (tertiary/aromatic N) is 3. The number of nitrogens with one attached hydrogen (secondary N) is 3. The van der Waals surface area contributed by atoms with Gasteiger partial charge in [0.1, 0.15) is 51.9 Å². The minimum atomic E-state index is -1.58. The number of aliphatic carboxylic acids is 3. The van der Waals surface area contributed by atoms with Gasteiger partial charge in [-0.3, -0.25) is 14.7 Å². The molecule has 0 radical (unpaired) electrons. The van der Waals surface area contributed by atoms with Gasteiger partial charge in [0.25, 0.3) is 0 Å². The first-order valence-electron chi connectivity index (χ1n) is 33.4. The number of benzene rings is 6. The van der Waals surface area contributed by atoms with E-state index in [1.165, 1.54) is 45.9 Å². The lowest BCUT2D eigenvalue weighted by Crippen LogP contribution is -2.68. The molecule has 3 saturated carbocycles. The van der Waals surface area contributed by atoms with Crippen LogP contribution in [0, 0.1) is 54.2 Å². The molecule has 6 aliphatic rings. The molecule has 6 unspecified atom stereocenters. The van der Waals surface area contributed by atoms with E-state index in [2.05, 4.69) is 32.8 Å². The molecule has 6 atom stereocenters. The number of rotatable bonds is 15. The first-order chi connectivity index (χ1) is 47.1. The molecule has 15 rings (SSSR count). The highest BCUT2D eigenvalue weighted by molar-refractivity contribution is 5.89. The van der Waals surface area contributed by atoms with Crippen LogP contribution in [0.1, 0.15) is 164 Å². The molecule has 6 N–H and O–H groups in total. The van der Waals surface area contributed by atoms with E-state index in [9.17, 15) is 27.6 Å². The van der Waals surface area contributed by atoms with Gasteiger partial charge < -0.3 is 30.3 Å². The van der Waals surface area contributed by atoms with E-state index < -0.39 is 87.9 Å². The number of hydrogen-bond donors (Lipinski definition) is 6. The predicted octanol–water partition coefficient (Wildman–Crippen LogP) is 17.6. The summed E-state index contributed by atoms with van der Waals surface area (Å²) in [7, 11) is 0. The van der Waals surface area contributed by atoms with Crippen LogP contribution in [0.3, 0.4) is 0 Å². The molecule has 21 heteroatoms. The molecule has 6 aromatic carbocycles. The summed E-state index contributed by atoms with van der Waals surface area (Å²) in [5.41, 5.74) is 5.49. The Morgan fingerprint density at radius 3 is 1.22 bits per heavy atom. The smallest absolute Gasteiger partial charge is 0.328 e. The van der Waals surface area contributed by atoms with Crippen molar-refractivity contribution in [3.63, 3.8) is 0 Å². The Morgan fingerprint density at radius 1 is 0.480 bits per heavy atom. The summed E-state index contributed by atoms with van der Waals surface area (Å²) in [5.74, 6) is -8.28. The fourth-order valence-corrected chi connectivity index (χ4v) is 16.2. The first kappa shape index (κ1) is 70.7. The fourth-order valence-electron chi connectivity index (χ4n) is 16.2. The Balaban J connectivity index is 0.000000142. The third-order valence-corrected chi connectivity index (χ3v) is 20.1. The second-order valence-electron chi connectivity index (χ2n) is 29.4. The monoisotopic (exact) mass is 1380 g/mol. The van der Waals surface area contributed by atoms with E-state index in [0.29, 0.717) is 50.0 Å². The molecule has 100 heavy (non-hydrogen) atoms. The Hall–Kier alpha value is -9.18. The minimum Gasteiger partial charge on any atom is -0.478 e. The van der Waals surface area contributed by atoms with Gasteiger partial charge in [0.05, 0.1) is 18.1 Å². The topological polar surface area (TPSA) is 169 Å². The lowest BCUT2D eigenvalue weighted by atomic mass is 9.42. The van der Waals surface area contributed by atoms with Gasteiger partial charge in [-0.1, -0.05) is 42.0 Å². The molecule has 0 spiro atoms. The van der Waals surface area contributed by atoms with E-state index in [4.69, 9.17) is 15.3 Å². The van der Waals surface area contributed by atoms with Crippen LogP contribution in [0.15, 0.2) is 115 Å². The number of para-hydroxylation sites is 1. The minimum absolute atomic E-state index is 0.00618. The van der Waals surface area contributed by atoms with Gasteiger partial charge >= 0.3 is 17.9 Å². The summed E-state index contributed by atoms with van der Waals surface area (Å²) < 4.78 is 137. The zero-order chi connectivity index (χ0) is 72.0. The summed E-state index contributed by atoms with van der Waals surface area (Å²) in [4.78, 5) is 48.3. The van der Waals surface area contributed by atoms with E-state index >= 15 is 26.3 Å². The van der Waals surface area contributed by atoms with Crippen LogP contribution >= 0.6 is 0 Å². The molecule has 12 nitrogen and oxygen atoms in total. The normalized spacial score (nSPS) is 23.1. The molecular formula is C79H79F9N6O6. The zero-order valence-electron chi connectivity index (χ0n) is 56.8. The lowest BCUT2D eigenvalue weighted by Gasteiger charge is -2.67. The Bertz CT molecular complexity index is 4630. The van der Waals surface area contributed by atoms with Crippen molar-refractivity contribution < 1.29 is 69.2 Å². The van der Waals surface area contributed by atoms with Crippen LogP contribution in [0.5, 0.6) is 0 Å². The lowest BCUT2D eigenvalue weighted by molar-refractivity contribution is -0.226. The molecule has 6 heterocycles. The van der Waals surface area contributed by atoms with Crippen LogP contribution in [-0.4, -0.2) is 118 Å². The van der Waals surface area contributed by atoms with E-state index in [1.807, 2.05) is 82.3 Å². The van der Waals surface area contributed by atoms with E-state index in [0.717, 1.165) is 127 Å². The molecule has 2 bridgehead atoms. The number of carboxylic acids is 3. The van der Waals surface area contributed by atoms with Crippen molar-refractivity contribution in [2.45, 2.75) is 154 Å². The molecule has 3 aromatic heterocycles. The molecule has 3 fully saturated rings. The maximum atomic E-state index is 15.5. The average Bonchev–Trinajstić information content (AvgIpc) is 0.810. The predicted molar refractivity (Wildman–Crippen MR) is 369 cm³/mol. The largest absolute Gasteiger partial charge is 0.478 e. The number of carboxylic acid groups (broad SMARTS) is 3. The fraction of sp³-hybridized carbons (Fsp3) is 0.354.